The number of aliphatic imine (C=N–C) groups is 2. The summed E-state index contributed by atoms with van der Waals surface area (Å²) >= 11 is 0. The highest BCUT2D eigenvalue weighted by atomic mass is 16.5. The van der Waals surface area contributed by atoms with E-state index in [2.05, 4.69) is 22.1 Å². The monoisotopic (exact) mass is 260 g/mol. The Labute approximate surface area is 114 Å². The molecule has 1 heterocycles. The lowest BCUT2D eigenvalue weighted by molar-refractivity contribution is 0.293. The predicted octanol–water partition coefficient (Wildman–Crippen LogP) is 2.48. The van der Waals surface area contributed by atoms with Crippen molar-refractivity contribution in [3.63, 3.8) is 0 Å². The molecule has 0 radical (unpaired) electrons. The molecule has 0 bridgehead atoms. The lowest BCUT2D eigenvalue weighted by Gasteiger charge is -2.21. The lowest BCUT2D eigenvalue weighted by atomic mass is 10.1. The molecule has 1 atom stereocenters. The van der Waals surface area contributed by atoms with E-state index in [1.165, 1.54) is 5.56 Å². The van der Waals surface area contributed by atoms with Crippen molar-refractivity contribution >= 4 is 11.8 Å². The van der Waals surface area contributed by atoms with Gasteiger partial charge in [0.1, 0.15) is 12.6 Å². The van der Waals surface area contributed by atoms with E-state index in [4.69, 9.17) is 9.47 Å². The van der Waals surface area contributed by atoms with E-state index < -0.39 is 0 Å². The molecule has 0 spiro atoms. The number of rotatable bonds is 4. The Morgan fingerprint density at radius 2 is 1.84 bits per heavy atom. The molecular weight excluding hydrogens is 240 g/mol. The van der Waals surface area contributed by atoms with E-state index >= 15 is 0 Å². The topological polar surface area (TPSA) is 43.2 Å². The van der Waals surface area contributed by atoms with E-state index in [0.717, 1.165) is 12.3 Å². The minimum atomic E-state index is -0.0716. The summed E-state index contributed by atoms with van der Waals surface area (Å²) in [6.45, 7) is 5.63. The summed E-state index contributed by atoms with van der Waals surface area (Å²) in [4.78, 5) is 9.04. The molecule has 0 aromatic heterocycles. The van der Waals surface area contributed by atoms with Crippen LogP contribution >= 0.6 is 0 Å². The van der Waals surface area contributed by atoms with Crippen LogP contribution in [-0.2, 0) is 15.9 Å². The maximum Gasteiger partial charge on any atom is 0.209 e. The van der Waals surface area contributed by atoms with Crippen LogP contribution in [0.4, 0.5) is 0 Å². The first-order valence-electron chi connectivity index (χ1n) is 6.74. The molecule has 4 nitrogen and oxygen atoms in total. The van der Waals surface area contributed by atoms with Gasteiger partial charge in [0, 0.05) is 6.42 Å². The zero-order valence-corrected chi connectivity index (χ0v) is 11.5. The molecule has 0 unspecified atom stereocenters. The maximum absolute atomic E-state index is 5.58. The first-order valence-corrected chi connectivity index (χ1v) is 6.74. The molecule has 0 saturated heterocycles. The van der Waals surface area contributed by atoms with Crippen LogP contribution < -0.4 is 0 Å². The fourth-order valence-corrected chi connectivity index (χ4v) is 2.03. The quantitative estimate of drug-likeness (QED) is 0.834. The molecule has 1 aromatic rings. The highest BCUT2D eigenvalue weighted by Gasteiger charge is 2.22. The first kappa shape index (κ1) is 13.6. The Kier molecular flexibility index (Phi) is 4.95. The molecule has 1 aliphatic heterocycles. The molecule has 2 rings (SSSR count). The van der Waals surface area contributed by atoms with E-state index in [0.29, 0.717) is 25.7 Å². The molecule has 102 valence electrons. The fraction of sp³-hybridized carbons (Fsp3) is 0.467. The van der Waals surface area contributed by atoms with Gasteiger partial charge in [-0.15, -0.1) is 0 Å². The minimum absolute atomic E-state index is 0.0716. The normalized spacial score (nSPS) is 18.5. The van der Waals surface area contributed by atoms with Crippen molar-refractivity contribution in [2.24, 2.45) is 9.98 Å². The molecule has 0 fully saturated rings. The van der Waals surface area contributed by atoms with Gasteiger partial charge in [0.2, 0.25) is 11.8 Å². The van der Waals surface area contributed by atoms with Crippen LogP contribution in [0.25, 0.3) is 0 Å². The number of nitrogens with zero attached hydrogens (tertiary/aromatic N) is 2. The smallest absolute Gasteiger partial charge is 0.209 e. The van der Waals surface area contributed by atoms with Gasteiger partial charge >= 0.3 is 0 Å². The van der Waals surface area contributed by atoms with Crippen molar-refractivity contribution in [2.75, 3.05) is 19.8 Å². The molecule has 4 heteroatoms. The Hall–Kier alpha value is -1.84. The number of hydrogen-bond acceptors (Lipinski definition) is 4. The molecule has 0 amide bonds. The number of hydrogen-bond donors (Lipinski definition) is 0. The fourth-order valence-electron chi connectivity index (χ4n) is 2.03. The standard InChI is InChI=1S/C15H20N2O2/c1-3-18-14-11-16-15(19-4-2)13(17-14)10-12-8-6-5-7-9-12/h5-9,13H,3-4,10-11H2,1-2H3/t13-/m0/s1. The van der Waals surface area contributed by atoms with Crippen molar-refractivity contribution in [1.29, 1.82) is 0 Å². The van der Waals surface area contributed by atoms with E-state index in [1.807, 2.05) is 32.0 Å². The van der Waals surface area contributed by atoms with Crippen molar-refractivity contribution in [3.8, 4) is 0 Å². The predicted molar refractivity (Wildman–Crippen MR) is 76.9 cm³/mol. The van der Waals surface area contributed by atoms with Crippen LogP contribution in [0.3, 0.4) is 0 Å². The molecule has 0 saturated carbocycles. The van der Waals surface area contributed by atoms with Crippen molar-refractivity contribution in [1.82, 2.24) is 0 Å². The van der Waals surface area contributed by atoms with Crippen LogP contribution in [0.2, 0.25) is 0 Å². The summed E-state index contributed by atoms with van der Waals surface area (Å²) in [5, 5.41) is 0. The second-order valence-electron chi connectivity index (χ2n) is 4.25. The van der Waals surface area contributed by atoms with E-state index in [-0.39, 0.29) is 6.04 Å². The van der Waals surface area contributed by atoms with E-state index in [1.54, 1.807) is 0 Å². The second kappa shape index (κ2) is 6.92. The molecular formula is C15H20N2O2. The third kappa shape index (κ3) is 3.81. The summed E-state index contributed by atoms with van der Waals surface area (Å²) in [6, 6.07) is 10.2. The Morgan fingerprint density at radius 1 is 1.11 bits per heavy atom. The van der Waals surface area contributed by atoms with Crippen molar-refractivity contribution < 1.29 is 9.47 Å². The van der Waals surface area contributed by atoms with Gasteiger partial charge in [-0.05, 0) is 19.4 Å². The third-order valence-corrected chi connectivity index (χ3v) is 2.83. The Balaban J connectivity index is 2.11. The van der Waals surface area contributed by atoms with Gasteiger partial charge in [0.15, 0.2) is 0 Å². The maximum atomic E-state index is 5.58. The van der Waals surface area contributed by atoms with Crippen molar-refractivity contribution in [2.45, 2.75) is 26.3 Å². The number of benzene rings is 1. The third-order valence-electron chi connectivity index (χ3n) is 2.83. The van der Waals surface area contributed by atoms with Crippen molar-refractivity contribution in [3.05, 3.63) is 35.9 Å². The van der Waals surface area contributed by atoms with Crippen LogP contribution in [0.1, 0.15) is 19.4 Å². The molecule has 0 aliphatic carbocycles. The Morgan fingerprint density at radius 3 is 2.53 bits per heavy atom. The van der Waals surface area contributed by atoms with Gasteiger partial charge in [-0.1, -0.05) is 30.3 Å². The van der Waals surface area contributed by atoms with Gasteiger partial charge < -0.3 is 9.47 Å². The average Bonchev–Trinajstić information content (AvgIpc) is 2.43. The van der Waals surface area contributed by atoms with Gasteiger partial charge in [-0.3, -0.25) is 0 Å². The lowest BCUT2D eigenvalue weighted by Crippen LogP contribution is -2.31. The van der Waals surface area contributed by atoms with Crippen LogP contribution in [0.5, 0.6) is 0 Å². The van der Waals surface area contributed by atoms with Gasteiger partial charge in [0.05, 0.1) is 13.2 Å². The summed E-state index contributed by atoms with van der Waals surface area (Å²) in [5.74, 6) is 1.42. The van der Waals surface area contributed by atoms with E-state index in [9.17, 15) is 0 Å². The summed E-state index contributed by atoms with van der Waals surface area (Å²) in [6.07, 6.45) is 0.788. The zero-order valence-electron chi connectivity index (χ0n) is 11.5. The molecule has 19 heavy (non-hydrogen) atoms. The second-order valence-corrected chi connectivity index (χ2v) is 4.25. The van der Waals surface area contributed by atoms with Crippen LogP contribution in [0, 0.1) is 0 Å². The molecule has 1 aliphatic rings. The Bertz CT molecular complexity index is 454. The summed E-state index contributed by atoms with van der Waals surface area (Å²) < 4.78 is 11.0. The number of ether oxygens (including phenoxy) is 2. The van der Waals surface area contributed by atoms with Crippen LogP contribution in [-0.4, -0.2) is 37.6 Å². The molecule has 0 N–H and O–H groups in total. The van der Waals surface area contributed by atoms with Gasteiger partial charge in [-0.2, -0.15) is 0 Å². The first-order chi connectivity index (χ1) is 9.33. The molecule has 1 aromatic carbocycles. The minimum Gasteiger partial charge on any atom is -0.480 e. The largest absolute Gasteiger partial charge is 0.480 e. The summed E-state index contributed by atoms with van der Waals surface area (Å²) in [7, 11) is 0. The zero-order chi connectivity index (χ0) is 13.5. The highest BCUT2D eigenvalue weighted by molar-refractivity contribution is 5.92. The van der Waals surface area contributed by atoms with Gasteiger partial charge in [0.25, 0.3) is 0 Å². The highest BCUT2D eigenvalue weighted by Crippen LogP contribution is 2.12. The van der Waals surface area contributed by atoms with Crippen LogP contribution in [0.15, 0.2) is 40.3 Å². The SMILES string of the molecule is CCOC1=N[C@@H](Cc2ccccc2)C(OCC)=NC1. The average molecular weight is 260 g/mol. The van der Waals surface area contributed by atoms with Gasteiger partial charge in [-0.25, -0.2) is 9.98 Å². The summed E-state index contributed by atoms with van der Waals surface area (Å²) in [5.41, 5.74) is 1.22.